The molecule has 0 amide bonds. The van der Waals surface area contributed by atoms with Crippen molar-refractivity contribution in [1.82, 2.24) is 0 Å². The number of carbonyl (C=O) groups is 2. The fourth-order valence-corrected chi connectivity index (χ4v) is 3.63. The number of ether oxygens (including phenoxy) is 3. The van der Waals surface area contributed by atoms with Gasteiger partial charge < -0.3 is 23.9 Å². The van der Waals surface area contributed by atoms with Crippen LogP contribution in [0.4, 0.5) is 17.6 Å². The van der Waals surface area contributed by atoms with Gasteiger partial charge in [-0.1, -0.05) is 0 Å². The number of hydrogen-bond donors (Lipinski definition) is 2. The van der Waals surface area contributed by atoms with E-state index in [1.165, 1.54) is 0 Å². The zero-order chi connectivity index (χ0) is 18.7. The van der Waals surface area contributed by atoms with E-state index in [0.717, 1.165) is 0 Å². The van der Waals surface area contributed by atoms with Gasteiger partial charge in [0.15, 0.2) is 6.10 Å². The smallest absolute Gasteiger partial charge is 0.406 e. The van der Waals surface area contributed by atoms with Gasteiger partial charge in [0.2, 0.25) is 11.1 Å². The lowest BCUT2D eigenvalue weighted by Gasteiger charge is -2.25. The fraction of sp³-hybridized carbons (Fsp3) is 0.833. The van der Waals surface area contributed by atoms with Gasteiger partial charge in [-0.25, -0.2) is 4.21 Å². The molecule has 0 radical (unpaired) electrons. The molecule has 0 aliphatic carbocycles. The van der Waals surface area contributed by atoms with Crippen LogP contribution < -0.4 is 0 Å². The van der Waals surface area contributed by atoms with Crippen LogP contribution in [-0.4, -0.2) is 68.0 Å². The van der Waals surface area contributed by atoms with E-state index >= 15 is 0 Å². The summed E-state index contributed by atoms with van der Waals surface area (Å²) in [5.41, 5.74) is 0. The van der Waals surface area contributed by atoms with E-state index in [1.807, 2.05) is 0 Å². The van der Waals surface area contributed by atoms with Crippen LogP contribution >= 0.6 is 0 Å². The average molecular weight is 392 g/mol. The molecule has 3 aliphatic rings. The number of rotatable bonds is 6. The van der Waals surface area contributed by atoms with Crippen molar-refractivity contribution in [3.8, 4) is 0 Å². The van der Waals surface area contributed by atoms with Crippen molar-refractivity contribution in [3.63, 3.8) is 0 Å². The predicted octanol–water partition coefficient (Wildman–Crippen LogP) is -0.331. The molecule has 0 aromatic rings. The molecule has 3 rings (SSSR count). The summed E-state index contributed by atoms with van der Waals surface area (Å²) >= 11 is -4.11. The Morgan fingerprint density at radius 2 is 1.88 bits per heavy atom. The summed E-state index contributed by atoms with van der Waals surface area (Å²) in [6.45, 7) is -1.19. The molecule has 0 aromatic heterocycles. The van der Waals surface area contributed by atoms with Gasteiger partial charge in [0.1, 0.15) is 30.1 Å². The Balaban J connectivity index is 1.61. The number of fused-ring (bicyclic) bond motifs is 1. The van der Waals surface area contributed by atoms with Crippen LogP contribution in [0.15, 0.2) is 0 Å². The predicted molar refractivity (Wildman–Crippen MR) is 67.8 cm³/mol. The van der Waals surface area contributed by atoms with Crippen molar-refractivity contribution in [2.75, 3.05) is 6.61 Å². The van der Waals surface area contributed by atoms with Crippen molar-refractivity contribution in [2.45, 2.75) is 42.0 Å². The molecule has 3 aliphatic heterocycles. The summed E-state index contributed by atoms with van der Waals surface area (Å²) in [6, 6.07) is 0. The van der Waals surface area contributed by atoms with E-state index in [2.05, 4.69) is 4.74 Å². The quantitative estimate of drug-likeness (QED) is 0.358. The van der Waals surface area contributed by atoms with Gasteiger partial charge in [-0.15, -0.1) is 0 Å². The van der Waals surface area contributed by atoms with E-state index < -0.39 is 83.5 Å². The molecule has 3 fully saturated rings. The molecule has 25 heavy (non-hydrogen) atoms. The highest BCUT2D eigenvalue weighted by Crippen LogP contribution is 2.50. The lowest BCUT2D eigenvalue weighted by molar-refractivity contribution is -0.175. The van der Waals surface area contributed by atoms with Crippen LogP contribution in [0, 0.1) is 11.8 Å². The Hall–Kier alpha value is -1.31. The molecule has 2 N–H and O–H groups in total. The van der Waals surface area contributed by atoms with E-state index in [9.17, 15) is 36.5 Å². The Kier molecular flexibility index (Phi) is 4.33. The first-order valence-corrected chi connectivity index (χ1v) is 8.17. The molecular formula is C12H12F4O8S. The molecular weight excluding hydrogens is 380 g/mol. The number of aliphatic hydroxyl groups excluding tert-OH is 1. The van der Waals surface area contributed by atoms with Gasteiger partial charge in [0.05, 0.1) is 13.0 Å². The van der Waals surface area contributed by atoms with Gasteiger partial charge in [0.25, 0.3) is 0 Å². The van der Waals surface area contributed by atoms with E-state index in [4.69, 9.17) is 14.0 Å². The van der Waals surface area contributed by atoms with E-state index in [0.29, 0.717) is 0 Å². The highest BCUT2D eigenvalue weighted by Gasteiger charge is 2.70. The van der Waals surface area contributed by atoms with Crippen molar-refractivity contribution < 1.29 is 55.2 Å². The number of alkyl halides is 4. The second-order valence-corrected chi connectivity index (χ2v) is 6.91. The number of aliphatic hydroxyl groups is 1. The second-order valence-electron chi connectivity index (χ2n) is 5.90. The summed E-state index contributed by atoms with van der Waals surface area (Å²) in [6.07, 6.45) is -5.87. The maximum atomic E-state index is 13.3. The third-order valence-corrected chi connectivity index (χ3v) is 5.25. The van der Waals surface area contributed by atoms with Gasteiger partial charge in [-0.3, -0.25) is 9.59 Å². The lowest BCUT2D eigenvalue weighted by atomic mass is 9.78. The highest BCUT2D eigenvalue weighted by atomic mass is 32.2. The number of carbonyl (C=O) groups excluding carboxylic acids is 2. The minimum absolute atomic E-state index is 0.802. The van der Waals surface area contributed by atoms with Crippen LogP contribution in [0.5, 0.6) is 0 Å². The maximum Gasteiger partial charge on any atom is 0.406 e. The van der Waals surface area contributed by atoms with Gasteiger partial charge in [-0.2, -0.15) is 17.6 Å². The van der Waals surface area contributed by atoms with Crippen LogP contribution in [0.2, 0.25) is 0 Å². The second kappa shape index (κ2) is 5.86. The normalized spacial score (nSPS) is 37.9. The Labute approximate surface area is 139 Å². The first kappa shape index (κ1) is 18.5. The van der Waals surface area contributed by atoms with Crippen LogP contribution in [0.25, 0.3) is 0 Å². The summed E-state index contributed by atoms with van der Waals surface area (Å²) in [5.74, 6) is -9.23. The molecule has 142 valence electrons. The third kappa shape index (κ3) is 2.64. The van der Waals surface area contributed by atoms with Crippen molar-refractivity contribution in [1.29, 1.82) is 0 Å². The van der Waals surface area contributed by atoms with E-state index in [-0.39, 0.29) is 0 Å². The SMILES string of the molecule is O=C(OCCC(F)(F)C(F)(F)S(=O)O)C1C2OC3C(OC(=O)C31)C2O. The molecule has 0 saturated carbocycles. The molecule has 3 heterocycles. The first-order valence-electron chi connectivity index (χ1n) is 7.06. The van der Waals surface area contributed by atoms with Crippen molar-refractivity contribution in [3.05, 3.63) is 0 Å². The van der Waals surface area contributed by atoms with Crippen LogP contribution in [-0.2, 0) is 34.9 Å². The van der Waals surface area contributed by atoms with Crippen LogP contribution in [0.3, 0.4) is 0 Å². The summed E-state index contributed by atoms with van der Waals surface area (Å²) in [5, 5.41) is 4.66. The molecule has 7 atom stereocenters. The Bertz CT molecular complexity index is 628. The molecule has 8 nitrogen and oxygen atoms in total. The zero-order valence-corrected chi connectivity index (χ0v) is 13.0. The van der Waals surface area contributed by atoms with Gasteiger partial charge in [-0.05, 0) is 0 Å². The minimum atomic E-state index is -5.21. The molecule has 3 saturated heterocycles. The lowest BCUT2D eigenvalue weighted by Crippen LogP contribution is -2.47. The maximum absolute atomic E-state index is 13.3. The van der Waals surface area contributed by atoms with Crippen molar-refractivity contribution in [2.24, 2.45) is 11.8 Å². The molecule has 0 spiro atoms. The standard InChI is InChI=1S/C12H12F4O8S/c13-11(14,12(15,16)25(20)21)1-2-22-9(18)3-4-7-8(24-10(4)19)5(17)6(3)23-7/h3-8,17H,1-2H2,(H,20,21). The number of halogens is 4. The average Bonchev–Trinajstić information content (AvgIpc) is 3.10. The summed E-state index contributed by atoms with van der Waals surface area (Å²) in [4.78, 5) is 23.7. The largest absolute Gasteiger partial charge is 0.465 e. The zero-order valence-electron chi connectivity index (χ0n) is 12.1. The van der Waals surface area contributed by atoms with Gasteiger partial charge in [0, 0.05) is 0 Å². The highest BCUT2D eigenvalue weighted by molar-refractivity contribution is 7.80. The van der Waals surface area contributed by atoms with Gasteiger partial charge >= 0.3 is 23.1 Å². The summed E-state index contributed by atoms with van der Waals surface area (Å²) in [7, 11) is 0. The van der Waals surface area contributed by atoms with E-state index in [1.54, 1.807) is 0 Å². The molecule has 0 aromatic carbocycles. The molecule has 7 unspecified atom stereocenters. The molecule has 13 heteroatoms. The Morgan fingerprint density at radius 1 is 1.24 bits per heavy atom. The van der Waals surface area contributed by atoms with Crippen molar-refractivity contribution >= 4 is 23.0 Å². The Morgan fingerprint density at radius 3 is 2.48 bits per heavy atom. The fourth-order valence-electron chi connectivity index (χ4n) is 3.28. The summed E-state index contributed by atoms with van der Waals surface area (Å²) < 4.78 is 85.6. The minimum Gasteiger partial charge on any atom is -0.465 e. The van der Waals surface area contributed by atoms with Crippen LogP contribution in [0.1, 0.15) is 6.42 Å². The topological polar surface area (TPSA) is 119 Å². The first-order chi connectivity index (χ1) is 11.5. The molecule has 2 bridgehead atoms. The third-order valence-electron chi connectivity index (χ3n) is 4.51. The number of esters is 2. The number of hydrogen-bond acceptors (Lipinski definition) is 7. The monoisotopic (exact) mass is 392 g/mol.